The van der Waals surface area contributed by atoms with Crippen molar-refractivity contribution < 1.29 is 4.74 Å². The van der Waals surface area contributed by atoms with Crippen LogP contribution in [0.15, 0.2) is 53.0 Å². The van der Waals surface area contributed by atoms with Gasteiger partial charge in [-0.05, 0) is 62.7 Å². The molecule has 0 bridgehead atoms. The van der Waals surface area contributed by atoms with E-state index in [2.05, 4.69) is 39.0 Å². The Morgan fingerprint density at radius 3 is 2.52 bits per heavy atom. The third-order valence-corrected chi connectivity index (χ3v) is 4.93. The molecule has 1 aliphatic rings. The largest absolute Gasteiger partial charge is 0.457 e. The van der Waals surface area contributed by atoms with Crippen molar-refractivity contribution in [3.63, 3.8) is 0 Å². The summed E-state index contributed by atoms with van der Waals surface area (Å²) < 4.78 is 7.13. The molecule has 23 heavy (non-hydrogen) atoms. The van der Waals surface area contributed by atoms with Crippen LogP contribution >= 0.6 is 15.9 Å². The number of halogens is 1. The summed E-state index contributed by atoms with van der Waals surface area (Å²) >= 11 is 3.54. The summed E-state index contributed by atoms with van der Waals surface area (Å²) in [6.45, 7) is 3.96. The Hall–Kier alpha value is -1.36. The van der Waals surface area contributed by atoms with Crippen LogP contribution in [-0.4, -0.2) is 24.5 Å². The van der Waals surface area contributed by atoms with Gasteiger partial charge in [-0.3, -0.25) is 4.90 Å². The molecule has 0 unspecified atom stereocenters. The zero-order valence-electron chi connectivity index (χ0n) is 13.2. The number of benzene rings is 2. The van der Waals surface area contributed by atoms with Crippen molar-refractivity contribution in [1.29, 1.82) is 0 Å². The first-order chi connectivity index (χ1) is 11.2. The number of ether oxygens (including phenoxy) is 1. The van der Waals surface area contributed by atoms with Crippen molar-refractivity contribution in [2.75, 3.05) is 19.6 Å². The van der Waals surface area contributed by atoms with Crippen LogP contribution in [0, 0.1) is 5.92 Å². The Labute approximate surface area is 146 Å². The Kier molecular flexibility index (Phi) is 5.70. The van der Waals surface area contributed by atoms with Gasteiger partial charge in [-0.2, -0.15) is 0 Å². The maximum absolute atomic E-state index is 6.10. The molecule has 0 aliphatic carbocycles. The van der Waals surface area contributed by atoms with Gasteiger partial charge in [-0.1, -0.05) is 40.2 Å². The zero-order chi connectivity index (χ0) is 16.1. The van der Waals surface area contributed by atoms with E-state index in [0.717, 1.165) is 42.2 Å². The number of likely N-dealkylation sites (tertiary alicyclic amines) is 1. The maximum Gasteiger partial charge on any atom is 0.133 e. The monoisotopic (exact) mass is 374 g/mol. The highest BCUT2D eigenvalue weighted by molar-refractivity contribution is 9.10. The summed E-state index contributed by atoms with van der Waals surface area (Å²) in [7, 11) is 0. The van der Waals surface area contributed by atoms with Crippen LogP contribution in [0.2, 0.25) is 0 Å². The minimum atomic E-state index is 0.691. The lowest BCUT2D eigenvalue weighted by atomic mass is 9.97. The number of hydrogen-bond donors (Lipinski definition) is 1. The first-order valence-corrected chi connectivity index (χ1v) is 8.97. The zero-order valence-corrected chi connectivity index (χ0v) is 14.8. The molecule has 2 aromatic rings. The summed E-state index contributed by atoms with van der Waals surface area (Å²) in [6.07, 6.45) is 2.39. The van der Waals surface area contributed by atoms with E-state index >= 15 is 0 Å². The summed E-state index contributed by atoms with van der Waals surface area (Å²) in [5.41, 5.74) is 7.01. The Bertz CT molecular complexity index is 625. The van der Waals surface area contributed by atoms with Gasteiger partial charge in [0.2, 0.25) is 0 Å². The molecule has 4 heteroatoms. The third-order valence-electron chi connectivity index (χ3n) is 4.43. The van der Waals surface area contributed by atoms with Gasteiger partial charge in [0.1, 0.15) is 11.5 Å². The van der Waals surface area contributed by atoms with E-state index in [1.165, 1.54) is 18.4 Å². The number of rotatable bonds is 5. The van der Waals surface area contributed by atoms with E-state index in [1.54, 1.807) is 0 Å². The quantitative estimate of drug-likeness (QED) is 0.841. The third kappa shape index (κ3) is 4.56. The summed E-state index contributed by atoms with van der Waals surface area (Å²) in [4.78, 5) is 2.49. The summed E-state index contributed by atoms with van der Waals surface area (Å²) in [5.74, 6) is 2.48. The second-order valence-electron chi connectivity index (χ2n) is 6.12. The smallest absolute Gasteiger partial charge is 0.133 e. The molecule has 0 amide bonds. The summed E-state index contributed by atoms with van der Waals surface area (Å²) in [6, 6.07) is 16.2. The first-order valence-electron chi connectivity index (χ1n) is 8.18. The van der Waals surface area contributed by atoms with Gasteiger partial charge in [0.25, 0.3) is 0 Å². The average molecular weight is 375 g/mol. The molecule has 2 N–H and O–H groups in total. The molecule has 0 radical (unpaired) electrons. The van der Waals surface area contributed by atoms with Gasteiger partial charge in [-0.15, -0.1) is 0 Å². The topological polar surface area (TPSA) is 38.5 Å². The average Bonchev–Trinajstić information content (AvgIpc) is 2.59. The maximum atomic E-state index is 6.10. The number of nitrogens with zero attached hydrogens (tertiary/aromatic N) is 1. The molecule has 122 valence electrons. The molecular weight excluding hydrogens is 352 g/mol. The van der Waals surface area contributed by atoms with Crippen molar-refractivity contribution in [2.24, 2.45) is 11.7 Å². The lowest BCUT2D eigenvalue weighted by Gasteiger charge is -2.31. The molecule has 0 aromatic heterocycles. The van der Waals surface area contributed by atoms with Crippen LogP contribution in [0.25, 0.3) is 0 Å². The molecule has 3 nitrogen and oxygen atoms in total. The van der Waals surface area contributed by atoms with E-state index in [9.17, 15) is 0 Å². The minimum Gasteiger partial charge on any atom is -0.457 e. The Morgan fingerprint density at radius 2 is 1.83 bits per heavy atom. The molecule has 3 rings (SSSR count). The van der Waals surface area contributed by atoms with Crippen molar-refractivity contribution >= 4 is 15.9 Å². The van der Waals surface area contributed by atoms with E-state index in [1.807, 2.05) is 30.3 Å². The number of nitrogens with two attached hydrogens (primary N) is 1. The highest BCUT2D eigenvalue weighted by Crippen LogP contribution is 2.30. The van der Waals surface area contributed by atoms with Gasteiger partial charge in [-0.25, -0.2) is 0 Å². The van der Waals surface area contributed by atoms with Gasteiger partial charge in [0, 0.05) is 16.6 Å². The molecule has 2 aromatic carbocycles. The fourth-order valence-corrected chi connectivity index (χ4v) is 3.33. The Morgan fingerprint density at radius 1 is 1.09 bits per heavy atom. The lowest BCUT2D eigenvalue weighted by molar-refractivity contribution is 0.179. The first kappa shape index (κ1) is 16.5. The molecule has 1 aliphatic heterocycles. The fraction of sp³-hybridized carbons (Fsp3) is 0.368. The van der Waals surface area contributed by atoms with Crippen LogP contribution < -0.4 is 10.5 Å². The van der Waals surface area contributed by atoms with E-state index in [4.69, 9.17) is 10.5 Å². The predicted molar refractivity (Wildman–Crippen MR) is 97.7 cm³/mol. The number of hydrogen-bond acceptors (Lipinski definition) is 3. The van der Waals surface area contributed by atoms with Crippen LogP contribution in [0.1, 0.15) is 18.4 Å². The highest BCUT2D eigenvalue weighted by Gasteiger charge is 2.19. The molecule has 1 heterocycles. The van der Waals surface area contributed by atoms with Gasteiger partial charge >= 0.3 is 0 Å². The van der Waals surface area contributed by atoms with Crippen molar-refractivity contribution in [3.8, 4) is 11.5 Å². The predicted octanol–water partition coefficient (Wildman–Crippen LogP) is 4.41. The van der Waals surface area contributed by atoms with Crippen molar-refractivity contribution in [2.45, 2.75) is 19.4 Å². The molecule has 0 spiro atoms. The summed E-state index contributed by atoms with van der Waals surface area (Å²) in [5, 5.41) is 0. The molecular formula is C19H23BrN2O. The van der Waals surface area contributed by atoms with Crippen molar-refractivity contribution in [3.05, 3.63) is 58.6 Å². The van der Waals surface area contributed by atoms with E-state index in [-0.39, 0.29) is 0 Å². The van der Waals surface area contributed by atoms with Crippen molar-refractivity contribution in [1.82, 2.24) is 4.90 Å². The van der Waals surface area contributed by atoms with Crippen LogP contribution in [0.3, 0.4) is 0 Å². The van der Waals surface area contributed by atoms with Gasteiger partial charge < -0.3 is 10.5 Å². The van der Waals surface area contributed by atoms with Crippen LogP contribution in [0.5, 0.6) is 11.5 Å². The fourth-order valence-electron chi connectivity index (χ4n) is 2.99. The molecule has 1 fully saturated rings. The highest BCUT2D eigenvalue weighted by atomic mass is 79.9. The van der Waals surface area contributed by atoms with E-state index < -0.39 is 0 Å². The Balaban J connectivity index is 1.72. The molecule has 1 saturated heterocycles. The normalized spacial score (nSPS) is 16.4. The van der Waals surface area contributed by atoms with Crippen LogP contribution in [0.4, 0.5) is 0 Å². The van der Waals surface area contributed by atoms with E-state index in [0.29, 0.717) is 5.92 Å². The SMILES string of the molecule is NCC1CCN(Cc2ccc(Br)cc2Oc2ccccc2)CC1. The second-order valence-corrected chi connectivity index (χ2v) is 7.04. The second kappa shape index (κ2) is 7.95. The number of para-hydroxylation sites is 1. The van der Waals surface area contributed by atoms with Gasteiger partial charge in [0.05, 0.1) is 0 Å². The standard InChI is InChI=1S/C19H23BrN2O/c20-17-7-6-16(14-22-10-8-15(13-21)9-11-22)19(12-17)23-18-4-2-1-3-5-18/h1-7,12,15H,8-11,13-14,21H2. The lowest BCUT2D eigenvalue weighted by Crippen LogP contribution is -2.35. The minimum absolute atomic E-state index is 0.691. The molecule has 0 atom stereocenters. The van der Waals surface area contributed by atoms with Gasteiger partial charge in [0.15, 0.2) is 0 Å². The molecule has 0 saturated carbocycles. The number of piperidine rings is 1. The van der Waals surface area contributed by atoms with Crippen LogP contribution in [-0.2, 0) is 6.54 Å².